The smallest absolute Gasteiger partial charge is 0.305 e. The van der Waals surface area contributed by atoms with Gasteiger partial charge in [-0.3, -0.25) is 4.79 Å². The van der Waals surface area contributed by atoms with E-state index in [-0.39, 0.29) is 23.9 Å². The van der Waals surface area contributed by atoms with E-state index >= 15 is 0 Å². The molecular weight excluding hydrogens is 380 g/mol. The van der Waals surface area contributed by atoms with Crippen molar-refractivity contribution >= 4 is 5.97 Å². The minimum absolute atomic E-state index is 0.0440. The Kier molecular flexibility index (Phi) is 15.1. The van der Waals surface area contributed by atoms with E-state index in [1.54, 1.807) is 0 Å². The van der Waals surface area contributed by atoms with Gasteiger partial charge in [-0.2, -0.15) is 0 Å². The molecule has 5 atom stereocenters. The van der Waals surface area contributed by atoms with Crippen molar-refractivity contribution in [2.75, 3.05) is 6.61 Å². The lowest BCUT2D eigenvalue weighted by Gasteiger charge is -2.23. The normalized spacial score (nSPS) is 25.1. The van der Waals surface area contributed by atoms with Gasteiger partial charge in [0.05, 0.1) is 24.9 Å². The highest BCUT2D eigenvalue weighted by Gasteiger charge is 2.40. The Morgan fingerprint density at radius 1 is 0.967 bits per heavy atom. The average Bonchev–Trinajstić information content (AvgIpc) is 2.99. The van der Waals surface area contributed by atoms with Crippen LogP contribution in [-0.4, -0.2) is 46.2 Å². The van der Waals surface area contributed by atoms with Crippen LogP contribution in [0.5, 0.6) is 0 Å². The van der Waals surface area contributed by atoms with Gasteiger partial charge in [-0.1, -0.05) is 58.1 Å². The molecule has 1 rings (SSSR count). The Morgan fingerprint density at radius 3 is 2.43 bits per heavy atom. The summed E-state index contributed by atoms with van der Waals surface area (Å²) in [5, 5.41) is 31.0. The maximum Gasteiger partial charge on any atom is 0.305 e. The summed E-state index contributed by atoms with van der Waals surface area (Å²) in [5.41, 5.74) is 0. The quantitative estimate of drug-likeness (QED) is 0.175. The number of allylic oxidation sites excluding steroid dienone is 2. The largest absolute Gasteiger partial charge is 0.466 e. The number of esters is 1. The van der Waals surface area contributed by atoms with Crippen molar-refractivity contribution in [2.24, 2.45) is 11.8 Å². The second-order valence-electron chi connectivity index (χ2n) is 8.95. The van der Waals surface area contributed by atoms with Gasteiger partial charge in [-0.15, -0.1) is 0 Å². The van der Waals surface area contributed by atoms with Gasteiger partial charge in [0, 0.05) is 6.42 Å². The van der Waals surface area contributed by atoms with Crippen molar-refractivity contribution in [3.05, 3.63) is 12.2 Å². The molecule has 0 aromatic rings. The molecule has 0 heterocycles. The third-order valence-corrected chi connectivity index (χ3v) is 6.29. The molecule has 0 aromatic carbocycles. The van der Waals surface area contributed by atoms with Crippen LogP contribution in [0.1, 0.15) is 104 Å². The number of hydrogen-bond acceptors (Lipinski definition) is 5. The SMILES string of the molecule is CCCCCCC[C@H](O)CC[C@@H]1[C@@H](CC=CCCCC(=O)OCCC)[C@@H](O)C[C@H]1O. The van der Waals surface area contributed by atoms with Crippen LogP contribution in [0.4, 0.5) is 0 Å². The van der Waals surface area contributed by atoms with Crippen LogP contribution in [0.3, 0.4) is 0 Å². The minimum Gasteiger partial charge on any atom is -0.466 e. The van der Waals surface area contributed by atoms with Crippen LogP contribution >= 0.6 is 0 Å². The second-order valence-corrected chi connectivity index (χ2v) is 8.95. The van der Waals surface area contributed by atoms with Crippen LogP contribution in [0.15, 0.2) is 12.2 Å². The Morgan fingerprint density at radius 2 is 1.70 bits per heavy atom. The standard InChI is InChI=1S/C25H46O5/c1-3-5-6-7-10-13-20(26)16-17-22-21(23(27)19-24(22)28)14-11-8-9-12-15-25(29)30-18-4-2/h8,11,20-24,26-28H,3-7,9-10,12-19H2,1-2H3/t20-,21+,22+,23-,24+/m0/s1. The molecule has 1 aliphatic rings. The molecule has 1 aliphatic carbocycles. The number of rotatable bonds is 17. The molecule has 0 bridgehead atoms. The molecule has 0 aliphatic heterocycles. The highest BCUT2D eigenvalue weighted by Crippen LogP contribution is 2.38. The predicted octanol–water partition coefficient (Wildman–Crippen LogP) is 4.92. The van der Waals surface area contributed by atoms with Crippen molar-refractivity contribution in [3.8, 4) is 0 Å². The van der Waals surface area contributed by atoms with Gasteiger partial charge in [0.25, 0.3) is 0 Å². The fourth-order valence-electron chi connectivity index (χ4n) is 4.44. The van der Waals surface area contributed by atoms with Gasteiger partial charge in [-0.05, 0) is 63.2 Å². The first-order valence-electron chi connectivity index (χ1n) is 12.3. The number of carbonyl (C=O) groups excluding carboxylic acids is 1. The van der Waals surface area contributed by atoms with Crippen molar-refractivity contribution in [1.29, 1.82) is 0 Å². The van der Waals surface area contributed by atoms with Crippen LogP contribution < -0.4 is 0 Å². The van der Waals surface area contributed by atoms with E-state index in [1.807, 2.05) is 6.92 Å². The topological polar surface area (TPSA) is 87.0 Å². The molecule has 3 N–H and O–H groups in total. The van der Waals surface area contributed by atoms with E-state index in [0.717, 1.165) is 44.9 Å². The van der Waals surface area contributed by atoms with E-state index in [9.17, 15) is 20.1 Å². The lowest BCUT2D eigenvalue weighted by molar-refractivity contribution is -0.143. The molecule has 0 spiro atoms. The van der Waals surface area contributed by atoms with Crippen molar-refractivity contribution in [3.63, 3.8) is 0 Å². The molecular formula is C25H46O5. The molecule has 1 fully saturated rings. The van der Waals surface area contributed by atoms with Gasteiger partial charge in [0.15, 0.2) is 0 Å². The third-order valence-electron chi connectivity index (χ3n) is 6.29. The number of carbonyl (C=O) groups is 1. The van der Waals surface area contributed by atoms with Crippen LogP contribution in [0, 0.1) is 11.8 Å². The maximum absolute atomic E-state index is 11.5. The summed E-state index contributed by atoms with van der Waals surface area (Å²) < 4.78 is 5.06. The van der Waals surface area contributed by atoms with Gasteiger partial charge in [-0.25, -0.2) is 0 Å². The number of hydrogen-bond donors (Lipinski definition) is 3. The fourth-order valence-corrected chi connectivity index (χ4v) is 4.44. The molecule has 30 heavy (non-hydrogen) atoms. The van der Waals surface area contributed by atoms with E-state index in [0.29, 0.717) is 25.9 Å². The molecule has 0 radical (unpaired) electrons. The molecule has 176 valence electrons. The van der Waals surface area contributed by atoms with E-state index in [2.05, 4.69) is 19.1 Å². The van der Waals surface area contributed by atoms with E-state index in [4.69, 9.17) is 4.74 Å². The van der Waals surface area contributed by atoms with Crippen LogP contribution in [-0.2, 0) is 9.53 Å². The summed E-state index contributed by atoms with van der Waals surface area (Å²) in [4.78, 5) is 11.5. The molecule has 0 unspecified atom stereocenters. The monoisotopic (exact) mass is 426 g/mol. The summed E-state index contributed by atoms with van der Waals surface area (Å²) >= 11 is 0. The van der Waals surface area contributed by atoms with Crippen molar-refractivity contribution in [1.82, 2.24) is 0 Å². The summed E-state index contributed by atoms with van der Waals surface area (Å²) in [6.45, 7) is 4.67. The predicted molar refractivity (Wildman–Crippen MR) is 121 cm³/mol. The lowest BCUT2D eigenvalue weighted by Crippen LogP contribution is -2.23. The van der Waals surface area contributed by atoms with E-state index < -0.39 is 12.2 Å². The zero-order valence-corrected chi connectivity index (χ0v) is 19.3. The molecule has 5 heteroatoms. The average molecular weight is 427 g/mol. The van der Waals surface area contributed by atoms with Gasteiger partial charge in [0.2, 0.25) is 0 Å². The molecule has 5 nitrogen and oxygen atoms in total. The Balaban J connectivity index is 2.28. The summed E-state index contributed by atoms with van der Waals surface area (Å²) in [6.07, 6.45) is 15.2. The van der Waals surface area contributed by atoms with Crippen molar-refractivity contribution in [2.45, 2.75) is 122 Å². The van der Waals surface area contributed by atoms with Gasteiger partial charge in [0.1, 0.15) is 0 Å². The first-order valence-corrected chi connectivity index (χ1v) is 12.3. The number of ether oxygens (including phenoxy) is 1. The second kappa shape index (κ2) is 16.7. The highest BCUT2D eigenvalue weighted by molar-refractivity contribution is 5.69. The van der Waals surface area contributed by atoms with Crippen molar-refractivity contribution < 1.29 is 24.9 Å². The summed E-state index contributed by atoms with van der Waals surface area (Å²) in [7, 11) is 0. The van der Waals surface area contributed by atoms with Gasteiger partial charge >= 0.3 is 5.97 Å². The first kappa shape index (κ1) is 27.1. The zero-order valence-electron chi connectivity index (χ0n) is 19.3. The summed E-state index contributed by atoms with van der Waals surface area (Å²) in [6, 6.07) is 0. The minimum atomic E-state index is -0.483. The fraction of sp³-hybridized carbons (Fsp3) is 0.880. The first-order chi connectivity index (χ1) is 14.5. The number of unbranched alkanes of at least 4 members (excludes halogenated alkanes) is 5. The molecule has 0 amide bonds. The Bertz CT molecular complexity index is 464. The summed E-state index contributed by atoms with van der Waals surface area (Å²) in [5.74, 6) is -0.0468. The number of aliphatic hydroxyl groups excluding tert-OH is 3. The highest BCUT2D eigenvalue weighted by atomic mass is 16.5. The Labute approximate surface area is 183 Å². The zero-order chi connectivity index (χ0) is 22.2. The maximum atomic E-state index is 11.5. The van der Waals surface area contributed by atoms with Crippen LogP contribution in [0.2, 0.25) is 0 Å². The third kappa shape index (κ3) is 11.5. The Hall–Kier alpha value is -0.910. The number of aliphatic hydroxyl groups is 3. The molecule has 0 aromatic heterocycles. The molecule has 1 saturated carbocycles. The lowest BCUT2D eigenvalue weighted by atomic mass is 9.85. The molecule has 0 saturated heterocycles. The van der Waals surface area contributed by atoms with Gasteiger partial charge < -0.3 is 20.1 Å². The van der Waals surface area contributed by atoms with E-state index in [1.165, 1.54) is 25.7 Å². The van der Waals surface area contributed by atoms with Crippen LogP contribution in [0.25, 0.3) is 0 Å².